The highest BCUT2D eigenvalue weighted by Crippen LogP contribution is 2.25. The summed E-state index contributed by atoms with van der Waals surface area (Å²) in [7, 11) is 0. The molecule has 3 rings (SSSR count). The van der Waals surface area contributed by atoms with Crippen LogP contribution in [-0.4, -0.2) is 56.7 Å². The minimum Gasteiger partial charge on any atom is -0.339 e. The van der Waals surface area contributed by atoms with E-state index in [0.29, 0.717) is 24.6 Å². The number of hydrogen-bond donors (Lipinski definition) is 1. The highest BCUT2D eigenvalue weighted by Gasteiger charge is 2.26. The Labute approximate surface area is 151 Å². The van der Waals surface area contributed by atoms with E-state index < -0.39 is 4.92 Å². The first kappa shape index (κ1) is 18.0. The third kappa shape index (κ3) is 3.88. The summed E-state index contributed by atoms with van der Waals surface area (Å²) in [6.45, 7) is 5.34. The van der Waals surface area contributed by atoms with Gasteiger partial charge in [0.15, 0.2) is 0 Å². The number of amides is 1. The zero-order valence-electron chi connectivity index (χ0n) is 14.7. The molecule has 0 bridgehead atoms. The third-order valence-electron chi connectivity index (χ3n) is 4.67. The SMILES string of the molecule is CCNCC1CCN(C(=O)c2ccc(-n3cncn3)c([N+](=O)[O-])c2)CC1. The summed E-state index contributed by atoms with van der Waals surface area (Å²) < 4.78 is 1.32. The van der Waals surface area contributed by atoms with Gasteiger partial charge in [-0.15, -0.1) is 0 Å². The molecular weight excluding hydrogens is 336 g/mol. The summed E-state index contributed by atoms with van der Waals surface area (Å²) in [5, 5.41) is 18.7. The minimum absolute atomic E-state index is 0.164. The van der Waals surface area contributed by atoms with Crippen LogP contribution in [0.25, 0.3) is 5.69 Å². The molecule has 1 aromatic carbocycles. The number of benzene rings is 1. The fourth-order valence-electron chi connectivity index (χ4n) is 3.20. The van der Waals surface area contributed by atoms with Gasteiger partial charge in [-0.25, -0.2) is 9.67 Å². The van der Waals surface area contributed by atoms with Gasteiger partial charge in [0.1, 0.15) is 18.3 Å². The fourth-order valence-corrected chi connectivity index (χ4v) is 3.20. The molecule has 0 aliphatic carbocycles. The molecule has 9 nitrogen and oxygen atoms in total. The Morgan fingerprint density at radius 1 is 1.38 bits per heavy atom. The molecule has 2 heterocycles. The second-order valence-corrected chi connectivity index (χ2v) is 6.34. The standard InChI is InChI=1S/C17H22N6O3/c1-2-18-10-13-5-7-21(8-6-13)17(24)14-3-4-15(16(9-14)23(25)26)22-12-19-11-20-22/h3-4,9,11-13,18H,2,5-8,10H2,1H3. The molecule has 9 heteroatoms. The van der Waals surface area contributed by atoms with Crippen molar-refractivity contribution in [2.75, 3.05) is 26.2 Å². The summed E-state index contributed by atoms with van der Waals surface area (Å²) in [6, 6.07) is 4.47. The van der Waals surface area contributed by atoms with Crippen molar-refractivity contribution in [2.45, 2.75) is 19.8 Å². The van der Waals surface area contributed by atoms with Gasteiger partial charge in [0, 0.05) is 24.7 Å². The molecule has 1 fully saturated rings. The first-order chi connectivity index (χ1) is 12.6. The van der Waals surface area contributed by atoms with Gasteiger partial charge in [0.05, 0.1) is 4.92 Å². The number of nitrogens with one attached hydrogen (secondary N) is 1. The van der Waals surface area contributed by atoms with Crippen LogP contribution in [0, 0.1) is 16.0 Å². The third-order valence-corrected chi connectivity index (χ3v) is 4.67. The van der Waals surface area contributed by atoms with Crippen molar-refractivity contribution >= 4 is 11.6 Å². The monoisotopic (exact) mass is 358 g/mol. The number of piperidine rings is 1. The van der Waals surface area contributed by atoms with Crippen molar-refractivity contribution in [3.05, 3.63) is 46.5 Å². The summed E-state index contributed by atoms with van der Waals surface area (Å²) in [5.41, 5.74) is 0.447. The summed E-state index contributed by atoms with van der Waals surface area (Å²) >= 11 is 0. The van der Waals surface area contributed by atoms with E-state index in [-0.39, 0.29) is 17.3 Å². The molecule has 0 radical (unpaired) electrons. The van der Waals surface area contributed by atoms with Crippen LogP contribution < -0.4 is 5.32 Å². The van der Waals surface area contributed by atoms with E-state index in [1.807, 2.05) is 0 Å². The number of hydrogen-bond acceptors (Lipinski definition) is 6. The average Bonchev–Trinajstić information content (AvgIpc) is 3.20. The number of nitro benzene ring substituents is 1. The predicted molar refractivity (Wildman–Crippen MR) is 95.2 cm³/mol. The van der Waals surface area contributed by atoms with Gasteiger partial charge in [-0.2, -0.15) is 5.10 Å². The Morgan fingerprint density at radius 3 is 2.77 bits per heavy atom. The van der Waals surface area contributed by atoms with Crippen molar-refractivity contribution < 1.29 is 9.72 Å². The van der Waals surface area contributed by atoms with E-state index in [0.717, 1.165) is 25.9 Å². The van der Waals surface area contributed by atoms with Crippen LogP contribution in [0.4, 0.5) is 5.69 Å². The number of rotatable bonds is 6. The Bertz CT molecular complexity index is 769. The topological polar surface area (TPSA) is 106 Å². The minimum atomic E-state index is -0.504. The van der Waals surface area contributed by atoms with E-state index in [4.69, 9.17) is 0 Å². The Hall–Kier alpha value is -2.81. The summed E-state index contributed by atoms with van der Waals surface area (Å²) in [4.78, 5) is 29.2. The molecule has 0 atom stereocenters. The van der Waals surface area contributed by atoms with Gasteiger partial charge in [-0.05, 0) is 44.0 Å². The van der Waals surface area contributed by atoms with E-state index >= 15 is 0 Å². The second kappa shape index (κ2) is 8.05. The van der Waals surface area contributed by atoms with Crippen molar-refractivity contribution in [3.63, 3.8) is 0 Å². The van der Waals surface area contributed by atoms with Gasteiger partial charge >= 0.3 is 0 Å². The molecule has 0 unspecified atom stereocenters. The van der Waals surface area contributed by atoms with E-state index in [1.165, 1.54) is 29.5 Å². The first-order valence-corrected chi connectivity index (χ1v) is 8.73. The maximum Gasteiger partial charge on any atom is 0.295 e. The van der Waals surface area contributed by atoms with Crippen LogP contribution in [0.3, 0.4) is 0 Å². The first-order valence-electron chi connectivity index (χ1n) is 8.73. The Kier molecular flexibility index (Phi) is 5.57. The molecule has 1 aliphatic rings. The molecule has 26 heavy (non-hydrogen) atoms. The Morgan fingerprint density at radius 2 is 2.15 bits per heavy atom. The number of carbonyl (C=O) groups excluding carboxylic acids is 1. The van der Waals surface area contributed by atoms with Crippen LogP contribution in [0.2, 0.25) is 0 Å². The number of carbonyl (C=O) groups is 1. The number of nitrogens with zero attached hydrogens (tertiary/aromatic N) is 5. The van der Waals surface area contributed by atoms with E-state index in [2.05, 4.69) is 22.3 Å². The molecule has 1 saturated heterocycles. The number of likely N-dealkylation sites (tertiary alicyclic amines) is 1. The second-order valence-electron chi connectivity index (χ2n) is 6.34. The van der Waals surface area contributed by atoms with Crippen LogP contribution in [0.1, 0.15) is 30.1 Å². The smallest absolute Gasteiger partial charge is 0.295 e. The zero-order chi connectivity index (χ0) is 18.5. The average molecular weight is 358 g/mol. The molecule has 1 aromatic heterocycles. The van der Waals surface area contributed by atoms with E-state index in [9.17, 15) is 14.9 Å². The molecule has 0 saturated carbocycles. The molecular formula is C17H22N6O3. The lowest BCUT2D eigenvalue weighted by atomic mass is 9.96. The van der Waals surface area contributed by atoms with Gasteiger partial charge in [0.25, 0.3) is 11.6 Å². The van der Waals surface area contributed by atoms with E-state index in [1.54, 1.807) is 11.0 Å². The quantitative estimate of drug-likeness (QED) is 0.621. The lowest BCUT2D eigenvalue weighted by molar-refractivity contribution is -0.384. The Balaban J connectivity index is 1.74. The summed E-state index contributed by atoms with van der Waals surface area (Å²) in [6.07, 6.45) is 4.58. The van der Waals surface area contributed by atoms with Crippen LogP contribution >= 0.6 is 0 Å². The molecule has 1 N–H and O–H groups in total. The lowest BCUT2D eigenvalue weighted by Crippen LogP contribution is -2.40. The van der Waals surface area contributed by atoms with Gasteiger partial charge < -0.3 is 10.2 Å². The largest absolute Gasteiger partial charge is 0.339 e. The van der Waals surface area contributed by atoms with Crippen molar-refractivity contribution in [1.82, 2.24) is 25.0 Å². The van der Waals surface area contributed by atoms with Crippen LogP contribution in [0.5, 0.6) is 0 Å². The highest BCUT2D eigenvalue weighted by molar-refractivity contribution is 5.95. The van der Waals surface area contributed by atoms with Gasteiger partial charge in [-0.1, -0.05) is 6.92 Å². The summed E-state index contributed by atoms with van der Waals surface area (Å²) in [5.74, 6) is 0.406. The van der Waals surface area contributed by atoms with Crippen molar-refractivity contribution in [2.24, 2.45) is 5.92 Å². The number of nitro groups is 1. The van der Waals surface area contributed by atoms with Crippen molar-refractivity contribution in [3.8, 4) is 5.69 Å². The molecule has 1 aliphatic heterocycles. The number of aromatic nitrogens is 3. The molecule has 0 spiro atoms. The normalized spacial score (nSPS) is 15.2. The van der Waals surface area contributed by atoms with Crippen molar-refractivity contribution in [1.29, 1.82) is 0 Å². The molecule has 1 amide bonds. The highest BCUT2D eigenvalue weighted by atomic mass is 16.6. The fraction of sp³-hybridized carbons (Fsp3) is 0.471. The maximum atomic E-state index is 12.7. The van der Waals surface area contributed by atoms with Crippen LogP contribution in [-0.2, 0) is 0 Å². The van der Waals surface area contributed by atoms with Gasteiger partial charge in [-0.3, -0.25) is 14.9 Å². The molecule has 2 aromatic rings. The zero-order valence-corrected chi connectivity index (χ0v) is 14.7. The lowest BCUT2D eigenvalue weighted by Gasteiger charge is -2.32. The maximum absolute atomic E-state index is 12.7. The molecule has 138 valence electrons. The van der Waals surface area contributed by atoms with Gasteiger partial charge in [0.2, 0.25) is 0 Å². The predicted octanol–water partition coefficient (Wildman–Crippen LogP) is 1.64. The van der Waals surface area contributed by atoms with Crippen LogP contribution in [0.15, 0.2) is 30.9 Å².